The number of pyridine rings is 2. The number of nitrogens with two attached hydrogens (primary N) is 1. The predicted molar refractivity (Wildman–Crippen MR) is 246 cm³/mol. The molecule has 6 N–H and O–H groups in total. The Bertz CT molecular complexity index is 2430. The number of aliphatic carboxylic acids is 1. The third-order valence-electron chi connectivity index (χ3n) is 10.6. The van der Waals surface area contributed by atoms with Gasteiger partial charge in [0.2, 0.25) is 5.91 Å². The second-order valence-corrected chi connectivity index (χ2v) is 15.9. The fourth-order valence-electron chi connectivity index (χ4n) is 7.96. The molecule has 0 bridgehead atoms. The minimum absolute atomic E-state index is 0.0319. The van der Waals surface area contributed by atoms with E-state index >= 15 is 0 Å². The number of likely N-dealkylation sites (N-methyl/N-ethyl adjacent to an activating group) is 2. The molecular weight excluding hydrogens is 769 g/mol. The van der Waals surface area contributed by atoms with Gasteiger partial charge >= 0.3 is 5.97 Å². The molecule has 0 aliphatic heterocycles. The summed E-state index contributed by atoms with van der Waals surface area (Å²) in [6.45, 7) is 0.464. The summed E-state index contributed by atoms with van der Waals surface area (Å²) >= 11 is 0. The second-order valence-electron chi connectivity index (χ2n) is 15.9. The Morgan fingerprint density at radius 3 is 1.67 bits per heavy atom. The predicted octanol–water partition coefficient (Wildman–Crippen LogP) is 8.18. The molecule has 0 saturated heterocycles. The highest BCUT2D eigenvalue weighted by molar-refractivity contribution is 5.95. The quantitative estimate of drug-likeness (QED) is 0.0797. The van der Waals surface area contributed by atoms with E-state index in [1.54, 1.807) is 33.2 Å². The van der Waals surface area contributed by atoms with Crippen LogP contribution >= 0.6 is 0 Å². The minimum Gasteiger partial charge on any atom is -0.496 e. The van der Waals surface area contributed by atoms with E-state index in [1.165, 1.54) is 28.7 Å². The maximum absolute atomic E-state index is 12.0. The van der Waals surface area contributed by atoms with Gasteiger partial charge in [0.15, 0.2) is 0 Å². The molecule has 13 heteroatoms. The van der Waals surface area contributed by atoms with Gasteiger partial charge in [-0.05, 0) is 151 Å². The SMILES string of the molecule is CN(C)CC(=O)O.COc1cccc2c1C(Nc1ccc3cc(N)ccc3n1)CCC2.COc1cccc2c1C(Nc1ccc3cc(NC(=O)CN(C)C)ccc3n1)CCC2. The van der Waals surface area contributed by atoms with Crippen molar-refractivity contribution in [2.75, 3.05) is 77.2 Å². The fourth-order valence-corrected chi connectivity index (χ4v) is 7.96. The lowest BCUT2D eigenvalue weighted by Crippen LogP contribution is -2.27. The number of nitrogen functional groups attached to an aromatic ring is 1. The van der Waals surface area contributed by atoms with Gasteiger partial charge in [-0.1, -0.05) is 24.3 Å². The Kier molecular flexibility index (Phi) is 15.0. The lowest BCUT2D eigenvalue weighted by Gasteiger charge is -2.28. The number of fused-ring (bicyclic) bond motifs is 4. The number of nitrogens with zero attached hydrogens (tertiary/aromatic N) is 4. The van der Waals surface area contributed by atoms with Crippen LogP contribution in [0, 0.1) is 0 Å². The Labute approximate surface area is 358 Å². The molecule has 6 aromatic rings. The van der Waals surface area contributed by atoms with Crippen molar-refractivity contribution in [1.82, 2.24) is 19.8 Å². The second kappa shape index (κ2) is 20.7. The van der Waals surface area contributed by atoms with E-state index in [1.807, 2.05) is 85.7 Å². The van der Waals surface area contributed by atoms with Crippen molar-refractivity contribution in [2.24, 2.45) is 0 Å². The third-order valence-corrected chi connectivity index (χ3v) is 10.6. The van der Waals surface area contributed by atoms with Crippen LogP contribution in [0.4, 0.5) is 23.0 Å². The highest BCUT2D eigenvalue weighted by Crippen LogP contribution is 2.40. The molecule has 13 nitrogen and oxygen atoms in total. The molecule has 8 rings (SSSR count). The molecular formula is C48H58N8O5. The maximum atomic E-state index is 12.0. The number of aromatic nitrogens is 2. The normalized spacial score (nSPS) is 15.3. The summed E-state index contributed by atoms with van der Waals surface area (Å²) in [4.78, 5) is 34.7. The standard InChI is InChI=1S/C24H28N4O2.C20H21N3O.C4H9NO2/c1-28(2)15-23(29)25-18-11-12-19-17(14-18)10-13-22(26-19)27-20-8-4-6-16-7-5-9-21(30-3)24(16)20;1-24-18-7-3-5-13-4-2-6-17(20(13)18)23-19-11-8-14-12-15(21)9-10-16(14)22-19;1-5(2)3-4(6)7/h5,7,9-14,20H,4,6,8,15H2,1-3H3,(H,25,29)(H,26,27);3,5,7-12,17H,2,4,6,21H2,1H3,(H,22,23);3H2,1-2H3,(H,6,7). The van der Waals surface area contributed by atoms with Gasteiger partial charge in [-0.2, -0.15) is 0 Å². The number of anilines is 4. The molecule has 2 aliphatic carbocycles. The molecule has 0 saturated carbocycles. The molecule has 0 spiro atoms. The highest BCUT2D eigenvalue weighted by Gasteiger charge is 2.25. The number of amides is 1. The molecule has 1 amide bonds. The summed E-state index contributed by atoms with van der Waals surface area (Å²) in [5, 5.41) is 20.2. The van der Waals surface area contributed by atoms with Crippen LogP contribution in [0.2, 0.25) is 0 Å². The number of ether oxygens (including phenoxy) is 2. The lowest BCUT2D eigenvalue weighted by atomic mass is 9.87. The number of rotatable bonds is 11. The van der Waals surface area contributed by atoms with Crippen molar-refractivity contribution in [2.45, 2.75) is 50.6 Å². The first kappa shape index (κ1) is 44.1. The van der Waals surface area contributed by atoms with Gasteiger partial charge in [-0.15, -0.1) is 0 Å². The number of carboxylic acid groups (broad SMARTS) is 1. The van der Waals surface area contributed by atoms with Gasteiger partial charge in [-0.3, -0.25) is 14.5 Å². The van der Waals surface area contributed by atoms with Crippen LogP contribution in [-0.4, -0.2) is 92.3 Å². The highest BCUT2D eigenvalue weighted by atomic mass is 16.5. The third kappa shape index (κ3) is 11.9. The number of hydrogen-bond acceptors (Lipinski definition) is 11. The van der Waals surface area contributed by atoms with Crippen molar-refractivity contribution in [3.63, 3.8) is 0 Å². The number of nitrogens with one attached hydrogen (secondary N) is 3. The summed E-state index contributed by atoms with van der Waals surface area (Å²) in [5.74, 6) is 2.80. The van der Waals surface area contributed by atoms with Gasteiger partial charge in [0, 0.05) is 33.3 Å². The molecule has 320 valence electrons. The van der Waals surface area contributed by atoms with Crippen molar-refractivity contribution in [3.05, 3.63) is 119 Å². The zero-order valence-electron chi connectivity index (χ0n) is 36.0. The van der Waals surface area contributed by atoms with Crippen LogP contribution in [0.5, 0.6) is 11.5 Å². The summed E-state index contributed by atoms with van der Waals surface area (Å²) in [7, 11) is 10.6. The van der Waals surface area contributed by atoms with Gasteiger partial charge < -0.3 is 41.2 Å². The smallest absolute Gasteiger partial charge is 0.317 e. The number of hydrogen-bond donors (Lipinski definition) is 5. The van der Waals surface area contributed by atoms with Crippen molar-refractivity contribution < 1.29 is 24.2 Å². The van der Waals surface area contributed by atoms with Crippen molar-refractivity contribution >= 4 is 56.7 Å². The van der Waals surface area contributed by atoms with Crippen LogP contribution in [-0.2, 0) is 22.4 Å². The zero-order valence-corrected chi connectivity index (χ0v) is 36.0. The first-order valence-electron chi connectivity index (χ1n) is 20.6. The maximum Gasteiger partial charge on any atom is 0.317 e. The topological polar surface area (TPSA) is 167 Å². The van der Waals surface area contributed by atoms with Crippen LogP contribution in [0.25, 0.3) is 21.8 Å². The first-order valence-corrected chi connectivity index (χ1v) is 20.6. The zero-order chi connectivity index (χ0) is 43.5. The van der Waals surface area contributed by atoms with E-state index in [0.717, 1.165) is 88.4 Å². The molecule has 2 aromatic heterocycles. The van der Waals surface area contributed by atoms with Crippen LogP contribution in [0.3, 0.4) is 0 Å². The molecule has 4 aromatic carbocycles. The van der Waals surface area contributed by atoms with Gasteiger partial charge in [0.1, 0.15) is 23.1 Å². The molecule has 2 aliphatic rings. The minimum atomic E-state index is -0.787. The number of benzene rings is 4. The molecule has 61 heavy (non-hydrogen) atoms. The molecule has 2 atom stereocenters. The number of carbonyl (C=O) groups is 2. The summed E-state index contributed by atoms with van der Waals surface area (Å²) in [6.07, 6.45) is 6.62. The average Bonchev–Trinajstić information content (AvgIpc) is 3.23. The van der Waals surface area contributed by atoms with E-state index in [9.17, 15) is 9.59 Å². The van der Waals surface area contributed by atoms with Crippen molar-refractivity contribution in [3.8, 4) is 11.5 Å². The Morgan fingerprint density at radius 1 is 0.689 bits per heavy atom. The molecule has 2 unspecified atom stereocenters. The molecule has 2 heterocycles. The summed E-state index contributed by atoms with van der Waals surface area (Å²) in [6, 6.07) is 32.7. The van der Waals surface area contributed by atoms with Gasteiger partial charge in [0.05, 0.1) is 50.4 Å². The Morgan fingerprint density at radius 2 is 1.20 bits per heavy atom. The van der Waals surface area contributed by atoms with Crippen LogP contribution in [0.15, 0.2) is 97.1 Å². The fraction of sp³-hybridized carbons (Fsp3) is 0.333. The average molecular weight is 827 g/mol. The van der Waals surface area contributed by atoms with Gasteiger partial charge in [0.25, 0.3) is 0 Å². The van der Waals surface area contributed by atoms with Crippen LogP contribution in [0.1, 0.15) is 60.0 Å². The number of aryl methyl sites for hydroxylation is 2. The number of carboxylic acids is 1. The van der Waals surface area contributed by atoms with E-state index in [4.69, 9.17) is 30.3 Å². The lowest BCUT2D eigenvalue weighted by molar-refractivity contribution is -0.137. The van der Waals surface area contributed by atoms with Crippen molar-refractivity contribution in [1.29, 1.82) is 0 Å². The summed E-state index contributed by atoms with van der Waals surface area (Å²) in [5.41, 5.74) is 14.4. The Hall–Kier alpha value is -6.44. The van der Waals surface area contributed by atoms with Crippen LogP contribution < -0.4 is 31.2 Å². The molecule has 0 fully saturated rings. The number of methoxy groups -OCH3 is 2. The van der Waals surface area contributed by atoms with E-state index in [0.29, 0.717) is 6.54 Å². The monoisotopic (exact) mass is 826 g/mol. The van der Waals surface area contributed by atoms with E-state index < -0.39 is 5.97 Å². The largest absolute Gasteiger partial charge is 0.496 e. The van der Waals surface area contributed by atoms with E-state index in [-0.39, 0.29) is 24.5 Å². The molecule has 0 radical (unpaired) electrons. The van der Waals surface area contributed by atoms with E-state index in [2.05, 4.69) is 46.3 Å². The Balaban J connectivity index is 0.000000180. The first-order chi connectivity index (χ1) is 29.4. The van der Waals surface area contributed by atoms with Gasteiger partial charge in [-0.25, -0.2) is 9.97 Å². The number of carbonyl (C=O) groups excluding carboxylic acids is 1. The summed E-state index contributed by atoms with van der Waals surface area (Å²) < 4.78 is 11.2.